The maximum Gasteiger partial charge on any atom is 0.226 e. The number of carbonyl (C=O) groups excluding carboxylic acids is 1. The third kappa shape index (κ3) is 6.63. The number of hydrogen-bond donors (Lipinski definition) is 0. The van der Waals surface area contributed by atoms with E-state index in [4.69, 9.17) is 16.3 Å². The van der Waals surface area contributed by atoms with E-state index in [0.29, 0.717) is 5.92 Å². The van der Waals surface area contributed by atoms with Crippen LogP contribution in [0.2, 0.25) is 0 Å². The molecular formula is C16H23ClO2. The smallest absolute Gasteiger partial charge is 0.226 e. The third-order valence-electron chi connectivity index (χ3n) is 3.30. The first-order valence-electron chi connectivity index (χ1n) is 7.05. The Balaban J connectivity index is 2.41. The molecule has 0 spiro atoms. The zero-order valence-electron chi connectivity index (χ0n) is 11.8. The number of rotatable bonds is 9. The molecule has 0 N–H and O–H groups in total. The fraction of sp³-hybridized carbons (Fsp3) is 0.562. The molecule has 0 radical (unpaired) electrons. The van der Waals surface area contributed by atoms with Crippen molar-refractivity contribution < 1.29 is 9.53 Å². The van der Waals surface area contributed by atoms with Crippen LogP contribution in [0.15, 0.2) is 24.3 Å². The van der Waals surface area contributed by atoms with E-state index in [2.05, 4.69) is 13.8 Å². The molecule has 2 nitrogen and oxygen atoms in total. The van der Waals surface area contributed by atoms with Crippen LogP contribution in [-0.2, 0) is 11.2 Å². The van der Waals surface area contributed by atoms with Crippen molar-refractivity contribution in [3.05, 3.63) is 29.8 Å². The summed E-state index contributed by atoms with van der Waals surface area (Å²) in [5.41, 5.74) is 0.922. The highest BCUT2D eigenvalue weighted by Gasteiger charge is 2.07. The number of benzene rings is 1. The SMILES string of the molecule is CCCCC(CC)COc1ccc(CC(=O)Cl)cc1. The Kier molecular flexibility index (Phi) is 7.57. The Labute approximate surface area is 121 Å². The number of unbranched alkanes of at least 4 members (excludes halogenated alkanes) is 1. The summed E-state index contributed by atoms with van der Waals surface area (Å²) in [6.07, 6.45) is 5.15. The summed E-state index contributed by atoms with van der Waals surface area (Å²) in [6, 6.07) is 7.59. The van der Waals surface area contributed by atoms with Crippen LogP contribution in [0.25, 0.3) is 0 Å². The molecule has 0 aliphatic heterocycles. The number of ether oxygens (including phenoxy) is 1. The molecule has 0 saturated heterocycles. The van der Waals surface area contributed by atoms with Gasteiger partial charge in [0.15, 0.2) is 0 Å². The molecule has 106 valence electrons. The molecule has 0 saturated carbocycles. The molecule has 1 aromatic carbocycles. The summed E-state index contributed by atoms with van der Waals surface area (Å²) in [4.78, 5) is 10.8. The summed E-state index contributed by atoms with van der Waals surface area (Å²) in [5, 5.41) is -0.334. The van der Waals surface area contributed by atoms with Crippen LogP contribution < -0.4 is 4.74 Å². The maximum atomic E-state index is 10.8. The summed E-state index contributed by atoms with van der Waals surface area (Å²) < 4.78 is 5.80. The lowest BCUT2D eigenvalue weighted by molar-refractivity contribution is -0.111. The summed E-state index contributed by atoms with van der Waals surface area (Å²) in [5.74, 6) is 1.49. The minimum atomic E-state index is -0.334. The average Bonchev–Trinajstić information content (AvgIpc) is 2.40. The van der Waals surface area contributed by atoms with Gasteiger partial charge in [-0.2, -0.15) is 0 Å². The van der Waals surface area contributed by atoms with Gasteiger partial charge < -0.3 is 4.74 Å². The molecule has 0 aliphatic carbocycles. The number of halogens is 1. The lowest BCUT2D eigenvalue weighted by Gasteiger charge is -2.15. The minimum Gasteiger partial charge on any atom is -0.493 e. The van der Waals surface area contributed by atoms with Crippen molar-refractivity contribution in [3.63, 3.8) is 0 Å². The van der Waals surface area contributed by atoms with E-state index in [-0.39, 0.29) is 11.7 Å². The Hall–Kier alpha value is -1.02. The van der Waals surface area contributed by atoms with Crippen molar-refractivity contribution in [2.24, 2.45) is 5.92 Å². The van der Waals surface area contributed by atoms with Crippen molar-refractivity contribution >= 4 is 16.8 Å². The normalized spacial score (nSPS) is 12.2. The molecule has 0 heterocycles. The van der Waals surface area contributed by atoms with E-state index in [9.17, 15) is 4.79 Å². The van der Waals surface area contributed by atoms with Gasteiger partial charge in [-0.05, 0) is 41.6 Å². The highest BCUT2D eigenvalue weighted by Crippen LogP contribution is 2.17. The van der Waals surface area contributed by atoms with Gasteiger partial charge in [-0.25, -0.2) is 0 Å². The van der Waals surface area contributed by atoms with Gasteiger partial charge in [0.05, 0.1) is 6.61 Å². The van der Waals surface area contributed by atoms with Gasteiger partial charge in [0.2, 0.25) is 5.24 Å². The second-order valence-electron chi connectivity index (χ2n) is 4.90. The van der Waals surface area contributed by atoms with Gasteiger partial charge in [-0.1, -0.05) is 45.2 Å². The van der Waals surface area contributed by atoms with Crippen LogP contribution >= 0.6 is 11.6 Å². The fourth-order valence-corrected chi connectivity index (χ4v) is 2.13. The third-order valence-corrected chi connectivity index (χ3v) is 3.43. The largest absolute Gasteiger partial charge is 0.493 e. The molecule has 19 heavy (non-hydrogen) atoms. The minimum absolute atomic E-state index is 0.274. The Morgan fingerprint density at radius 1 is 1.26 bits per heavy atom. The molecule has 0 aromatic heterocycles. The van der Waals surface area contributed by atoms with Gasteiger partial charge in [-0.15, -0.1) is 0 Å². The summed E-state index contributed by atoms with van der Waals surface area (Å²) in [7, 11) is 0. The molecule has 1 atom stereocenters. The summed E-state index contributed by atoms with van der Waals surface area (Å²) >= 11 is 5.35. The Morgan fingerprint density at radius 3 is 2.47 bits per heavy atom. The van der Waals surface area contributed by atoms with E-state index in [1.54, 1.807) is 0 Å². The van der Waals surface area contributed by atoms with Crippen LogP contribution in [0, 0.1) is 5.92 Å². The highest BCUT2D eigenvalue weighted by molar-refractivity contribution is 6.63. The van der Waals surface area contributed by atoms with E-state index in [0.717, 1.165) is 24.3 Å². The van der Waals surface area contributed by atoms with Gasteiger partial charge in [-0.3, -0.25) is 4.79 Å². The first-order valence-corrected chi connectivity index (χ1v) is 7.43. The molecule has 0 amide bonds. The van der Waals surface area contributed by atoms with Gasteiger partial charge in [0.1, 0.15) is 5.75 Å². The van der Waals surface area contributed by atoms with Crippen LogP contribution in [0.4, 0.5) is 0 Å². The molecule has 0 fully saturated rings. The maximum absolute atomic E-state index is 10.8. The zero-order chi connectivity index (χ0) is 14.1. The topological polar surface area (TPSA) is 26.3 Å². The van der Waals surface area contributed by atoms with Gasteiger partial charge >= 0.3 is 0 Å². The van der Waals surface area contributed by atoms with Crippen molar-refractivity contribution in [2.75, 3.05) is 6.61 Å². The predicted octanol–water partition coefficient (Wildman–Crippen LogP) is 4.59. The first kappa shape index (κ1) is 16.0. The van der Waals surface area contributed by atoms with E-state index in [1.165, 1.54) is 19.3 Å². The molecular weight excluding hydrogens is 260 g/mol. The standard InChI is InChI=1S/C16H23ClO2/c1-3-5-6-13(4-2)12-19-15-9-7-14(8-10-15)11-16(17)18/h7-10,13H,3-6,11-12H2,1-2H3. The second-order valence-corrected chi connectivity index (χ2v) is 5.32. The molecule has 1 unspecified atom stereocenters. The monoisotopic (exact) mass is 282 g/mol. The molecule has 0 bridgehead atoms. The van der Waals surface area contributed by atoms with Gasteiger partial charge in [0.25, 0.3) is 0 Å². The van der Waals surface area contributed by atoms with Crippen molar-refractivity contribution in [2.45, 2.75) is 46.0 Å². The van der Waals surface area contributed by atoms with E-state index in [1.807, 2.05) is 24.3 Å². The van der Waals surface area contributed by atoms with Crippen molar-refractivity contribution in [1.29, 1.82) is 0 Å². The second kappa shape index (κ2) is 8.98. The summed E-state index contributed by atoms with van der Waals surface area (Å²) in [6.45, 7) is 5.19. The van der Waals surface area contributed by atoms with Crippen LogP contribution in [0.3, 0.4) is 0 Å². The van der Waals surface area contributed by atoms with Crippen molar-refractivity contribution in [3.8, 4) is 5.75 Å². The van der Waals surface area contributed by atoms with E-state index < -0.39 is 0 Å². The van der Waals surface area contributed by atoms with Crippen LogP contribution in [0.1, 0.15) is 45.1 Å². The zero-order valence-corrected chi connectivity index (χ0v) is 12.6. The molecule has 0 aliphatic rings. The van der Waals surface area contributed by atoms with Crippen molar-refractivity contribution in [1.82, 2.24) is 0 Å². The van der Waals surface area contributed by atoms with Crippen LogP contribution in [-0.4, -0.2) is 11.8 Å². The average molecular weight is 283 g/mol. The molecule has 1 aromatic rings. The number of hydrogen-bond acceptors (Lipinski definition) is 2. The highest BCUT2D eigenvalue weighted by atomic mass is 35.5. The van der Waals surface area contributed by atoms with Crippen LogP contribution in [0.5, 0.6) is 5.75 Å². The molecule has 1 rings (SSSR count). The quantitative estimate of drug-likeness (QED) is 0.619. The van der Waals surface area contributed by atoms with Gasteiger partial charge in [0, 0.05) is 6.42 Å². The first-order chi connectivity index (χ1) is 9.15. The molecule has 3 heteroatoms. The number of carbonyl (C=O) groups is 1. The Morgan fingerprint density at radius 2 is 1.95 bits per heavy atom. The van der Waals surface area contributed by atoms with E-state index >= 15 is 0 Å². The Bertz CT molecular complexity index is 373. The lowest BCUT2D eigenvalue weighted by atomic mass is 10.0. The lowest BCUT2D eigenvalue weighted by Crippen LogP contribution is -2.11. The predicted molar refractivity (Wildman–Crippen MR) is 79.8 cm³/mol. The fourth-order valence-electron chi connectivity index (χ4n) is 1.98.